The zero-order valence-corrected chi connectivity index (χ0v) is 17.4. The second kappa shape index (κ2) is 58.8. The third-order valence-corrected chi connectivity index (χ3v) is 1.73. The van der Waals surface area contributed by atoms with Gasteiger partial charge in [-0.05, 0) is 12.8 Å². The molecule has 0 saturated heterocycles. The minimum atomic E-state index is -1.20. The van der Waals surface area contributed by atoms with Crippen molar-refractivity contribution in [3.8, 4) is 0 Å². The first kappa shape index (κ1) is 33.3. The fourth-order valence-electron chi connectivity index (χ4n) is 0.316. The molecular weight excluding hydrogens is 368 g/mol. The van der Waals surface area contributed by atoms with Crippen LogP contribution in [0.4, 0.5) is 0 Å². The van der Waals surface area contributed by atoms with Crippen LogP contribution in [0.5, 0.6) is 0 Å². The summed E-state index contributed by atoms with van der Waals surface area (Å²) in [5, 5.41) is 16.1. The van der Waals surface area contributed by atoms with Gasteiger partial charge in [0.05, 0.1) is 0 Å². The fourth-order valence-corrected chi connectivity index (χ4v) is 0.316. The summed E-state index contributed by atoms with van der Waals surface area (Å²) in [6.45, 7) is 16.2. The van der Waals surface area contributed by atoms with Crippen molar-refractivity contribution in [1.29, 1.82) is 0 Å². The summed E-state index contributed by atoms with van der Waals surface area (Å²) in [4.78, 5) is 0. The Hall–Kier alpha value is 0.628. The Balaban J connectivity index is -0.0000000514. The molecule has 5 heteroatoms. The molecule has 21 heavy (non-hydrogen) atoms. The predicted octanol–water partition coefficient (Wildman–Crippen LogP) is 5.33. The van der Waals surface area contributed by atoms with Crippen LogP contribution in [0.3, 0.4) is 0 Å². The van der Waals surface area contributed by atoms with Gasteiger partial charge in [0, 0.05) is 13.2 Å². The van der Waals surface area contributed by atoms with Crippen LogP contribution in [-0.2, 0) is 20.1 Å². The van der Waals surface area contributed by atoms with Crippen molar-refractivity contribution in [2.75, 3.05) is 13.2 Å². The van der Waals surface area contributed by atoms with E-state index in [9.17, 15) is 0 Å². The van der Waals surface area contributed by atoms with E-state index in [4.69, 9.17) is 13.6 Å². The number of hydrogen-bond donors (Lipinski definition) is 2. The molecule has 0 heterocycles. The van der Waals surface area contributed by atoms with E-state index >= 15 is 0 Å². The van der Waals surface area contributed by atoms with Gasteiger partial charge in [-0.1, -0.05) is 53.4 Å². The van der Waals surface area contributed by atoms with Gasteiger partial charge in [-0.15, -0.1) is 0 Å². The van der Waals surface area contributed by atoms with Gasteiger partial charge in [-0.2, -0.15) is 12.8 Å². The Labute approximate surface area is 146 Å². The molecule has 0 aromatic rings. The van der Waals surface area contributed by atoms with Crippen molar-refractivity contribution in [2.24, 2.45) is 0 Å². The zero-order valence-electron chi connectivity index (χ0n) is 14.6. The van der Waals surface area contributed by atoms with E-state index in [1.807, 2.05) is 0 Å². The van der Waals surface area contributed by atoms with E-state index in [0.717, 1.165) is 38.5 Å². The van der Waals surface area contributed by atoms with Gasteiger partial charge in [0.1, 0.15) is 0 Å². The third kappa shape index (κ3) is 163. The van der Waals surface area contributed by atoms with Crippen molar-refractivity contribution in [3.63, 3.8) is 0 Å². The Kier molecular flexibility index (Phi) is 93.2. The maximum atomic E-state index is 8.88. The Morgan fingerprint density at radius 3 is 1.00 bits per heavy atom. The first-order chi connectivity index (χ1) is 10.1. The second-order valence-corrected chi connectivity index (χ2v) is 5.07. The third-order valence-electron chi connectivity index (χ3n) is 1.73. The van der Waals surface area contributed by atoms with Crippen LogP contribution < -0.4 is 0 Å². The van der Waals surface area contributed by atoms with E-state index in [-0.39, 0.29) is 0 Å². The summed E-state index contributed by atoms with van der Waals surface area (Å²) in [5.41, 5.74) is 0. The van der Waals surface area contributed by atoms with Crippen LogP contribution in [0.15, 0.2) is 0 Å². The van der Waals surface area contributed by atoms with E-state index < -0.39 is 16.7 Å². The average Bonchev–Trinajstić information content (AvgIpc) is 2.51. The maximum absolute atomic E-state index is 8.88. The van der Waals surface area contributed by atoms with Crippen molar-refractivity contribution >= 4 is 9.82 Å². The van der Waals surface area contributed by atoms with Gasteiger partial charge < -0.3 is 24.1 Å². The van der Waals surface area contributed by atoms with Gasteiger partial charge in [0.25, 0.3) is 0 Å². The molecule has 0 fully saturated rings. The monoisotopic (exact) mass is 408 g/mol. The van der Waals surface area contributed by atoms with E-state index in [1.54, 1.807) is 0 Å². The van der Waals surface area contributed by atoms with Crippen molar-refractivity contribution in [2.45, 2.75) is 79.1 Å². The van der Waals surface area contributed by atoms with Crippen LogP contribution in [0.1, 0.15) is 79.1 Å². The number of rotatable bonds is 6. The normalized spacial score (nSPS) is 7.24. The topological polar surface area (TPSA) is 57.5 Å². The van der Waals surface area contributed by atoms with Crippen molar-refractivity contribution in [3.05, 3.63) is 13.8 Å². The van der Waals surface area contributed by atoms with Gasteiger partial charge in [-0.3, -0.25) is 0 Å². The van der Waals surface area contributed by atoms with Crippen LogP contribution in [0.2, 0.25) is 0 Å². The van der Waals surface area contributed by atoms with E-state index in [2.05, 4.69) is 51.4 Å². The quantitative estimate of drug-likeness (QED) is 0.463. The van der Waals surface area contributed by atoms with Crippen molar-refractivity contribution < 1.29 is 30.3 Å². The molecule has 3 nitrogen and oxygen atoms in total. The molecule has 0 spiro atoms. The van der Waals surface area contributed by atoms with Crippen LogP contribution >= 0.6 is 9.82 Å². The summed E-state index contributed by atoms with van der Waals surface area (Å²) >= 11 is -1.20. The summed E-state index contributed by atoms with van der Waals surface area (Å²) < 4.78 is 8.88. The van der Waals surface area contributed by atoms with Gasteiger partial charge in [0.2, 0.25) is 0 Å². The minimum absolute atomic E-state index is 0.344. The van der Waals surface area contributed by atoms with E-state index in [1.165, 1.54) is 12.8 Å². The SMILES string of the molecule is CCCCO.CCCCO.[CH2-]CCC.[CH2-]CCC.[O]=[Mo+2]=[S]. The van der Waals surface area contributed by atoms with Gasteiger partial charge in [-0.25, -0.2) is 0 Å². The molecule has 0 aliphatic heterocycles. The van der Waals surface area contributed by atoms with Crippen LogP contribution in [-0.4, -0.2) is 23.4 Å². The molecule has 132 valence electrons. The van der Waals surface area contributed by atoms with E-state index in [0.29, 0.717) is 13.2 Å². The van der Waals surface area contributed by atoms with Crippen LogP contribution in [0, 0.1) is 13.8 Å². The molecule has 0 unspecified atom stereocenters. The molecule has 0 amide bonds. The fraction of sp³-hybridized carbons (Fsp3) is 0.875. The second-order valence-electron chi connectivity index (χ2n) is 3.93. The van der Waals surface area contributed by atoms with Gasteiger partial charge >= 0.3 is 29.9 Å². The molecule has 2 N–H and O–H groups in total. The van der Waals surface area contributed by atoms with Crippen molar-refractivity contribution in [1.82, 2.24) is 0 Å². The Morgan fingerprint density at radius 2 is 1.00 bits per heavy atom. The molecule has 0 aromatic heterocycles. The molecule has 0 saturated carbocycles. The first-order valence-electron chi connectivity index (χ1n) is 7.79. The number of aliphatic hydroxyl groups excluding tert-OH is 2. The zero-order chi connectivity index (χ0) is 17.8. The summed E-state index contributed by atoms with van der Waals surface area (Å²) in [6.07, 6.45) is 8.63. The molecule has 0 radical (unpaired) electrons. The number of unbranched alkanes of at least 4 members (excludes halogenated alkanes) is 4. The number of hydrogen-bond acceptors (Lipinski definition) is 4. The molecule has 0 atom stereocenters. The number of aliphatic hydroxyl groups is 2. The summed E-state index contributed by atoms with van der Waals surface area (Å²) in [5.74, 6) is 0. The average molecular weight is 406 g/mol. The molecule has 0 aromatic carbocycles. The Bertz CT molecular complexity index is 123. The molecular formula is C16H38MoO3S. The molecule has 0 rings (SSSR count). The Morgan fingerprint density at radius 1 is 0.810 bits per heavy atom. The standard InChI is InChI=1S/2C4H10O.2C4H9.Mo.O.S/c2*1-2-3-4-5;2*1-3-4-2;;;/h2*5H,2-4H2,1H3;2*1,3-4H2,2H3;;;/q;;2*-1;+2;;. The predicted molar refractivity (Wildman–Crippen MR) is 92.8 cm³/mol. The first-order valence-corrected chi connectivity index (χ1v) is 11.4. The molecule has 0 aliphatic carbocycles. The molecule has 0 aliphatic rings. The summed E-state index contributed by atoms with van der Waals surface area (Å²) in [6, 6.07) is 0. The van der Waals surface area contributed by atoms with Gasteiger partial charge in [0.15, 0.2) is 0 Å². The summed E-state index contributed by atoms with van der Waals surface area (Å²) in [7, 11) is 3.97. The van der Waals surface area contributed by atoms with Crippen LogP contribution in [0.25, 0.3) is 0 Å². The molecule has 0 bridgehead atoms.